The van der Waals surface area contributed by atoms with Crippen LogP contribution in [0.5, 0.6) is 0 Å². The normalized spacial score (nSPS) is 14.8. The minimum atomic E-state index is -0.714. The van der Waals surface area contributed by atoms with Crippen LogP contribution in [0.15, 0.2) is 102 Å². The summed E-state index contributed by atoms with van der Waals surface area (Å²) in [4.78, 5) is 53.8. The maximum absolute atomic E-state index is 14.2. The zero-order chi connectivity index (χ0) is 29.9. The van der Waals surface area contributed by atoms with Gasteiger partial charge in [-0.1, -0.05) is 84.9 Å². The standard InChI is InChI=1S/C35H35N5O3.2H2S/c1-38(23-24-11-4-3-5-12-24)33(42)31(22-25-18-19-26-13-6-7-14-27(26)21-25)39(2)34(43)30-17-10-20-40(30)35-36-29-16-9-8-15-28(29)32(41)37-35;;/h3-9,11-16,18-19,21,30-31H,10,17,20,22-23H2,1-2H3,(H,36,37,41);2*1H2/t30-,31-;;/m0../s1. The molecule has 0 aliphatic carbocycles. The molecule has 0 saturated carbocycles. The average Bonchev–Trinajstić information content (AvgIpc) is 3.53. The first-order valence-electron chi connectivity index (χ1n) is 14.7. The Morgan fingerprint density at radius 3 is 2.36 bits per heavy atom. The maximum atomic E-state index is 14.2. The largest absolute Gasteiger partial charge is 0.340 e. The van der Waals surface area contributed by atoms with Crippen LogP contribution < -0.4 is 10.5 Å². The van der Waals surface area contributed by atoms with E-state index >= 15 is 0 Å². The molecule has 234 valence electrons. The summed E-state index contributed by atoms with van der Waals surface area (Å²) in [6, 6.07) is 30.1. The van der Waals surface area contributed by atoms with Gasteiger partial charge in [0, 0.05) is 33.6 Å². The Morgan fingerprint density at radius 2 is 1.58 bits per heavy atom. The highest BCUT2D eigenvalue weighted by Gasteiger charge is 2.38. The summed E-state index contributed by atoms with van der Waals surface area (Å²) in [6.07, 6.45) is 1.76. The van der Waals surface area contributed by atoms with Gasteiger partial charge in [0.2, 0.25) is 17.8 Å². The highest BCUT2D eigenvalue weighted by atomic mass is 32.1. The number of H-pyrrole nitrogens is 1. The second-order valence-corrected chi connectivity index (χ2v) is 11.3. The maximum Gasteiger partial charge on any atom is 0.260 e. The Morgan fingerprint density at radius 1 is 0.889 bits per heavy atom. The summed E-state index contributed by atoms with van der Waals surface area (Å²) < 4.78 is 0. The molecule has 1 N–H and O–H groups in total. The fraction of sp³-hybridized carbons (Fsp3) is 0.257. The third kappa shape index (κ3) is 7.18. The van der Waals surface area contributed by atoms with Gasteiger partial charge in [-0.25, -0.2) is 4.98 Å². The first-order valence-corrected chi connectivity index (χ1v) is 14.7. The molecule has 0 spiro atoms. The first kappa shape index (κ1) is 33.6. The number of amides is 2. The number of para-hydroxylation sites is 1. The van der Waals surface area contributed by atoms with Gasteiger partial charge in [0.15, 0.2) is 0 Å². The SMILES string of the molecule is CN(Cc1ccccc1)C(=O)[C@H](Cc1ccc2ccccc2c1)N(C)C(=O)[C@@H]1CCCN1c1nc2ccccc2c(=O)[nH]1.S.S. The predicted molar refractivity (Wildman–Crippen MR) is 191 cm³/mol. The number of carbonyl (C=O) groups is 2. The lowest BCUT2D eigenvalue weighted by Gasteiger charge is -2.34. The molecule has 1 aromatic heterocycles. The molecule has 1 fully saturated rings. The number of nitrogens with one attached hydrogen (secondary N) is 1. The van der Waals surface area contributed by atoms with Crippen molar-refractivity contribution in [3.8, 4) is 0 Å². The topological polar surface area (TPSA) is 89.6 Å². The van der Waals surface area contributed by atoms with Crippen molar-refractivity contribution < 1.29 is 9.59 Å². The van der Waals surface area contributed by atoms with E-state index in [0.29, 0.717) is 42.8 Å². The van der Waals surface area contributed by atoms with Crippen molar-refractivity contribution in [1.82, 2.24) is 19.8 Å². The van der Waals surface area contributed by atoms with Crippen molar-refractivity contribution in [2.24, 2.45) is 0 Å². The average molecular weight is 642 g/mol. The number of hydrogen-bond donors (Lipinski definition) is 1. The number of likely N-dealkylation sites (N-methyl/N-ethyl adjacent to an activating group) is 2. The molecule has 45 heavy (non-hydrogen) atoms. The molecule has 5 aromatic rings. The number of nitrogens with zero attached hydrogens (tertiary/aromatic N) is 4. The van der Waals surface area contributed by atoms with Gasteiger partial charge in [0.05, 0.1) is 10.9 Å². The molecule has 1 saturated heterocycles. The Hall–Kier alpha value is -4.28. The highest BCUT2D eigenvalue weighted by Crippen LogP contribution is 2.26. The number of hydrogen-bond acceptors (Lipinski definition) is 5. The van der Waals surface area contributed by atoms with Crippen molar-refractivity contribution in [3.63, 3.8) is 0 Å². The Bertz CT molecular complexity index is 1850. The molecule has 0 unspecified atom stereocenters. The van der Waals surface area contributed by atoms with Gasteiger partial charge >= 0.3 is 0 Å². The van der Waals surface area contributed by atoms with Crippen LogP contribution in [-0.2, 0) is 22.6 Å². The second kappa shape index (κ2) is 14.7. The van der Waals surface area contributed by atoms with Gasteiger partial charge in [-0.05, 0) is 46.9 Å². The van der Waals surface area contributed by atoms with Crippen LogP contribution in [0.25, 0.3) is 21.7 Å². The number of aromatic nitrogens is 2. The van der Waals surface area contributed by atoms with Gasteiger partial charge < -0.3 is 14.7 Å². The Balaban J connectivity index is 0.00000230. The Labute approximate surface area is 277 Å². The zero-order valence-electron chi connectivity index (χ0n) is 25.4. The van der Waals surface area contributed by atoms with Crippen LogP contribution in [0, 0.1) is 0 Å². The van der Waals surface area contributed by atoms with E-state index in [1.165, 1.54) is 0 Å². The van der Waals surface area contributed by atoms with E-state index in [1.54, 1.807) is 42.1 Å². The summed E-state index contributed by atoms with van der Waals surface area (Å²) in [6.45, 7) is 1.02. The molecule has 1 aliphatic rings. The van der Waals surface area contributed by atoms with Crippen LogP contribution >= 0.6 is 27.0 Å². The van der Waals surface area contributed by atoms with Crippen LogP contribution in [0.2, 0.25) is 0 Å². The van der Waals surface area contributed by atoms with Gasteiger partial charge in [0.25, 0.3) is 5.56 Å². The number of rotatable bonds is 8. The second-order valence-electron chi connectivity index (χ2n) is 11.3. The molecule has 0 bridgehead atoms. The first-order chi connectivity index (χ1) is 20.9. The van der Waals surface area contributed by atoms with Crippen molar-refractivity contribution in [1.29, 1.82) is 0 Å². The fourth-order valence-electron chi connectivity index (χ4n) is 6.04. The predicted octanol–water partition coefficient (Wildman–Crippen LogP) is 5.00. The molecule has 4 aromatic carbocycles. The van der Waals surface area contributed by atoms with Gasteiger partial charge in [-0.2, -0.15) is 27.0 Å². The zero-order valence-corrected chi connectivity index (χ0v) is 27.4. The number of aromatic amines is 1. The fourth-order valence-corrected chi connectivity index (χ4v) is 6.04. The molecule has 10 heteroatoms. The van der Waals surface area contributed by atoms with Crippen LogP contribution in [0.1, 0.15) is 24.0 Å². The van der Waals surface area contributed by atoms with Gasteiger partial charge in [-0.15, -0.1) is 0 Å². The summed E-state index contributed by atoms with van der Waals surface area (Å²) >= 11 is 0. The van der Waals surface area contributed by atoms with Crippen molar-refractivity contribution in [3.05, 3.63) is 119 Å². The molecule has 2 heterocycles. The van der Waals surface area contributed by atoms with E-state index in [1.807, 2.05) is 59.5 Å². The van der Waals surface area contributed by atoms with E-state index in [-0.39, 0.29) is 44.4 Å². The monoisotopic (exact) mass is 641 g/mol. The molecular formula is C35H39N5O3S2. The van der Waals surface area contributed by atoms with Gasteiger partial charge in [0.1, 0.15) is 12.1 Å². The van der Waals surface area contributed by atoms with E-state index in [2.05, 4.69) is 34.2 Å². The molecule has 2 amide bonds. The molecule has 2 atom stereocenters. The molecule has 8 nitrogen and oxygen atoms in total. The molecular weight excluding hydrogens is 603 g/mol. The third-order valence-corrected chi connectivity index (χ3v) is 8.39. The minimum absolute atomic E-state index is 0. The van der Waals surface area contributed by atoms with E-state index in [0.717, 1.165) is 28.3 Å². The lowest BCUT2D eigenvalue weighted by Crippen LogP contribution is -2.54. The van der Waals surface area contributed by atoms with E-state index < -0.39 is 12.1 Å². The van der Waals surface area contributed by atoms with Crippen molar-refractivity contribution in [2.45, 2.75) is 37.9 Å². The van der Waals surface area contributed by atoms with Crippen LogP contribution in [-0.4, -0.2) is 64.3 Å². The quantitative estimate of drug-likeness (QED) is 0.258. The molecule has 1 aliphatic heterocycles. The number of fused-ring (bicyclic) bond motifs is 2. The van der Waals surface area contributed by atoms with Crippen LogP contribution in [0.4, 0.5) is 5.95 Å². The Kier molecular flexibility index (Phi) is 11.0. The lowest BCUT2D eigenvalue weighted by atomic mass is 9.99. The molecule has 6 rings (SSSR count). The van der Waals surface area contributed by atoms with Crippen molar-refractivity contribution in [2.75, 3.05) is 25.5 Å². The summed E-state index contributed by atoms with van der Waals surface area (Å²) in [7, 11) is 3.50. The van der Waals surface area contributed by atoms with Crippen LogP contribution in [0.3, 0.4) is 0 Å². The van der Waals surface area contributed by atoms with E-state index in [4.69, 9.17) is 0 Å². The number of benzene rings is 4. The minimum Gasteiger partial charge on any atom is -0.340 e. The smallest absolute Gasteiger partial charge is 0.260 e. The van der Waals surface area contributed by atoms with Gasteiger partial charge in [-0.3, -0.25) is 19.4 Å². The third-order valence-electron chi connectivity index (χ3n) is 8.39. The lowest BCUT2D eigenvalue weighted by molar-refractivity contribution is -0.144. The summed E-state index contributed by atoms with van der Waals surface area (Å²) in [5.41, 5.74) is 2.34. The number of anilines is 1. The summed E-state index contributed by atoms with van der Waals surface area (Å²) in [5.74, 6) is 0.0850. The summed E-state index contributed by atoms with van der Waals surface area (Å²) in [5, 5.41) is 2.72. The van der Waals surface area contributed by atoms with E-state index in [9.17, 15) is 14.4 Å². The molecule has 0 radical (unpaired) electrons. The number of carbonyl (C=O) groups excluding carboxylic acids is 2. The highest BCUT2D eigenvalue weighted by molar-refractivity contribution is 7.59. The van der Waals surface area contributed by atoms with Crippen molar-refractivity contribution >= 4 is 66.4 Å².